The Kier molecular flexibility index (Phi) is 4.36. The molecule has 1 aliphatic rings. The Morgan fingerprint density at radius 2 is 2.33 bits per heavy atom. The van der Waals surface area contributed by atoms with Crippen LogP contribution in [0.25, 0.3) is 0 Å². The van der Waals surface area contributed by atoms with Crippen molar-refractivity contribution >= 4 is 17.2 Å². The van der Waals surface area contributed by atoms with Gasteiger partial charge in [0.1, 0.15) is 10.6 Å². The molecule has 0 spiro atoms. The highest BCUT2D eigenvalue weighted by molar-refractivity contribution is 7.11. The number of thiazole rings is 1. The standard InChI is InChI=1S/C15H19N3O2S/c1-11-14(21-10-17-11)15(19)16-9-12(13-5-4-8-20-13)18-6-2-3-7-18/h4-5,8,10,12H,2-3,6-7,9H2,1H3,(H,16,19). The summed E-state index contributed by atoms with van der Waals surface area (Å²) in [7, 11) is 0. The molecule has 1 saturated heterocycles. The highest BCUT2D eigenvalue weighted by Gasteiger charge is 2.26. The summed E-state index contributed by atoms with van der Waals surface area (Å²) in [5, 5.41) is 3.02. The Bertz CT molecular complexity index is 588. The van der Waals surface area contributed by atoms with Gasteiger partial charge in [0.05, 0.1) is 23.5 Å². The molecule has 0 bridgehead atoms. The number of amides is 1. The molecular weight excluding hydrogens is 286 g/mol. The molecule has 3 heterocycles. The molecule has 1 N–H and O–H groups in total. The van der Waals surface area contributed by atoms with Crippen molar-refractivity contribution in [2.24, 2.45) is 0 Å². The van der Waals surface area contributed by atoms with Crippen LogP contribution in [0.2, 0.25) is 0 Å². The van der Waals surface area contributed by atoms with Crippen LogP contribution in [-0.4, -0.2) is 35.4 Å². The Hall–Kier alpha value is -1.66. The molecule has 1 aliphatic heterocycles. The molecule has 1 atom stereocenters. The third-order valence-electron chi connectivity index (χ3n) is 3.86. The molecule has 0 radical (unpaired) electrons. The van der Waals surface area contributed by atoms with Crippen molar-refractivity contribution in [1.82, 2.24) is 15.2 Å². The summed E-state index contributed by atoms with van der Waals surface area (Å²) >= 11 is 1.38. The highest BCUT2D eigenvalue weighted by atomic mass is 32.1. The van der Waals surface area contributed by atoms with Crippen LogP contribution in [0.3, 0.4) is 0 Å². The fourth-order valence-corrected chi connectivity index (χ4v) is 3.45. The summed E-state index contributed by atoms with van der Waals surface area (Å²) in [5.74, 6) is 0.865. The Balaban J connectivity index is 1.67. The van der Waals surface area contributed by atoms with Crippen LogP contribution in [0.5, 0.6) is 0 Å². The first-order valence-electron chi connectivity index (χ1n) is 7.21. The van der Waals surface area contributed by atoms with Gasteiger partial charge in [-0.2, -0.15) is 0 Å². The highest BCUT2D eigenvalue weighted by Crippen LogP contribution is 2.25. The lowest BCUT2D eigenvalue weighted by Crippen LogP contribution is -2.36. The van der Waals surface area contributed by atoms with Crippen LogP contribution in [-0.2, 0) is 0 Å². The summed E-state index contributed by atoms with van der Waals surface area (Å²) in [6, 6.07) is 3.99. The van der Waals surface area contributed by atoms with Gasteiger partial charge in [0.25, 0.3) is 5.91 Å². The Morgan fingerprint density at radius 3 is 2.95 bits per heavy atom. The number of aryl methyl sites for hydroxylation is 1. The predicted molar refractivity (Wildman–Crippen MR) is 81.4 cm³/mol. The molecule has 2 aromatic heterocycles. The molecule has 21 heavy (non-hydrogen) atoms. The van der Waals surface area contributed by atoms with Gasteiger partial charge in [-0.25, -0.2) is 4.98 Å². The zero-order chi connectivity index (χ0) is 14.7. The second-order valence-electron chi connectivity index (χ2n) is 5.25. The van der Waals surface area contributed by atoms with Gasteiger partial charge in [0, 0.05) is 6.54 Å². The van der Waals surface area contributed by atoms with Crippen LogP contribution in [0.15, 0.2) is 28.3 Å². The van der Waals surface area contributed by atoms with Gasteiger partial charge in [-0.05, 0) is 45.0 Å². The second-order valence-corrected chi connectivity index (χ2v) is 6.11. The molecule has 0 saturated carbocycles. The largest absolute Gasteiger partial charge is 0.468 e. The molecule has 0 aromatic carbocycles. The predicted octanol–water partition coefficient (Wildman–Crippen LogP) is 2.61. The first kappa shape index (κ1) is 14.3. The van der Waals surface area contributed by atoms with E-state index in [4.69, 9.17) is 4.42 Å². The number of hydrogen-bond donors (Lipinski definition) is 1. The number of hydrogen-bond acceptors (Lipinski definition) is 5. The van der Waals surface area contributed by atoms with E-state index in [1.807, 2.05) is 19.1 Å². The maximum absolute atomic E-state index is 12.2. The number of carbonyl (C=O) groups excluding carboxylic acids is 1. The molecule has 112 valence electrons. The van der Waals surface area contributed by atoms with Gasteiger partial charge in [-0.15, -0.1) is 11.3 Å². The lowest BCUT2D eigenvalue weighted by molar-refractivity contribution is 0.0937. The van der Waals surface area contributed by atoms with Crippen molar-refractivity contribution < 1.29 is 9.21 Å². The lowest BCUT2D eigenvalue weighted by Gasteiger charge is -2.25. The monoisotopic (exact) mass is 305 g/mol. The molecule has 2 aromatic rings. The number of furan rings is 1. The number of aromatic nitrogens is 1. The molecule has 0 aliphatic carbocycles. The average Bonchev–Trinajstić information content (AvgIpc) is 3.21. The Morgan fingerprint density at radius 1 is 1.52 bits per heavy atom. The number of nitrogens with one attached hydrogen (secondary N) is 1. The van der Waals surface area contributed by atoms with Gasteiger partial charge >= 0.3 is 0 Å². The van der Waals surface area contributed by atoms with E-state index in [-0.39, 0.29) is 11.9 Å². The van der Waals surface area contributed by atoms with Crippen molar-refractivity contribution in [2.45, 2.75) is 25.8 Å². The van der Waals surface area contributed by atoms with E-state index in [0.29, 0.717) is 11.4 Å². The summed E-state index contributed by atoms with van der Waals surface area (Å²) in [6.45, 7) is 4.53. The number of carbonyl (C=O) groups is 1. The van der Waals surface area contributed by atoms with E-state index >= 15 is 0 Å². The van der Waals surface area contributed by atoms with Crippen LogP contribution >= 0.6 is 11.3 Å². The Labute approximate surface area is 128 Å². The number of likely N-dealkylation sites (tertiary alicyclic amines) is 1. The van der Waals surface area contributed by atoms with Crippen molar-refractivity contribution in [3.63, 3.8) is 0 Å². The fraction of sp³-hybridized carbons (Fsp3) is 0.467. The average molecular weight is 305 g/mol. The number of rotatable bonds is 5. The van der Waals surface area contributed by atoms with Crippen molar-refractivity contribution in [3.05, 3.63) is 40.2 Å². The van der Waals surface area contributed by atoms with Gasteiger partial charge in [0.15, 0.2) is 0 Å². The molecule has 1 amide bonds. The first-order valence-corrected chi connectivity index (χ1v) is 8.09. The van der Waals surface area contributed by atoms with E-state index in [1.54, 1.807) is 11.8 Å². The maximum atomic E-state index is 12.2. The van der Waals surface area contributed by atoms with Crippen LogP contribution in [0.1, 0.15) is 40.0 Å². The third kappa shape index (κ3) is 3.16. The van der Waals surface area contributed by atoms with E-state index in [9.17, 15) is 4.79 Å². The van der Waals surface area contributed by atoms with Gasteiger partial charge < -0.3 is 9.73 Å². The van der Waals surface area contributed by atoms with Crippen LogP contribution in [0.4, 0.5) is 0 Å². The topological polar surface area (TPSA) is 58.4 Å². The lowest BCUT2D eigenvalue weighted by atomic mass is 10.2. The molecule has 1 fully saturated rings. The quantitative estimate of drug-likeness (QED) is 0.922. The van der Waals surface area contributed by atoms with E-state index < -0.39 is 0 Å². The van der Waals surface area contributed by atoms with Gasteiger partial charge in [-0.3, -0.25) is 9.69 Å². The minimum Gasteiger partial charge on any atom is -0.468 e. The van der Waals surface area contributed by atoms with E-state index in [1.165, 1.54) is 24.2 Å². The summed E-state index contributed by atoms with van der Waals surface area (Å²) in [5.41, 5.74) is 2.49. The summed E-state index contributed by atoms with van der Waals surface area (Å²) in [4.78, 5) is 19.4. The molecular formula is C15H19N3O2S. The first-order chi connectivity index (χ1) is 10.3. The third-order valence-corrected chi connectivity index (χ3v) is 4.79. The van der Waals surface area contributed by atoms with Gasteiger partial charge in [0.2, 0.25) is 0 Å². The van der Waals surface area contributed by atoms with Crippen LogP contribution in [0, 0.1) is 6.92 Å². The molecule has 1 unspecified atom stereocenters. The zero-order valence-corrected chi connectivity index (χ0v) is 12.9. The van der Waals surface area contributed by atoms with E-state index in [2.05, 4.69) is 15.2 Å². The smallest absolute Gasteiger partial charge is 0.263 e. The minimum atomic E-state index is -0.0502. The van der Waals surface area contributed by atoms with Gasteiger partial charge in [-0.1, -0.05) is 0 Å². The van der Waals surface area contributed by atoms with Crippen molar-refractivity contribution in [2.75, 3.05) is 19.6 Å². The van der Waals surface area contributed by atoms with Crippen LogP contribution < -0.4 is 5.32 Å². The molecule has 6 heteroatoms. The molecule has 3 rings (SSSR count). The van der Waals surface area contributed by atoms with Crippen molar-refractivity contribution in [1.29, 1.82) is 0 Å². The number of nitrogens with zero attached hydrogens (tertiary/aromatic N) is 2. The normalized spacial score (nSPS) is 17.0. The fourth-order valence-electron chi connectivity index (χ4n) is 2.73. The zero-order valence-electron chi connectivity index (χ0n) is 12.0. The summed E-state index contributed by atoms with van der Waals surface area (Å²) in [6.07, 6.45) is 4.10. The minimum absolute atomic E-state index is 0.0502. The van der Waals surface area contributed by atoms with Crippen molar-refractivity contribution in [3.8, 4) is 0 Å². The van der Waals surface area contributed by atoms with E-state index in [0.717, 1.165) is 24.5 Å². The second kappa shape index (κ2) is 6.41. The SMILES string of the molecule is Cc1ncsc1C(=O)NCC(c1ccco1)N1CCCC1. The maximum Gasteiger partial charge on any atom is 0.263 e. The summed E-state index contributed by atoms with van der Waals surface area (Å²) < 4.78 is 5.55. The molecule has 5 nitrogen and oxygen atoms in total.